The number of benzene rings is 2. The van der Waals surface area contributed by atoms with E-state index in [-0.39, 0.29) is 16.7 Å². The van der Waals surface area contributed by atoms with Crippen LogP contribution < -0.4 is 5.30 Å². The Hall–Kier alpha value is -1.74. The fourth-order valence-electron chi connectivity index (χ4n) is 2.15. The predicted molar refractivity (Wildman–Crippen MR) is 77.5 cm³/mol. The van der Waals surface area contributed by atoms with E-state index < -0.39 is 7.60 Å². The van der Waals surface area contributed by atoms with Crippen LogP contribution in [0.5, 0.6) is 0 Å². The van der Waals surface area contributed by atoms with Gasteiger partial charge in [-0.2, -0.15) is 0 Å². The van der Waals surface area contributed by atoms with Crippen LogP contribution in [0.1, 0.15) is 27.0 Å². The first-order valence-electron chi connectivity index (χ1n) is 6.08. The van der Waals surface area contributed by atoms with Gasteiger partial charge in [0, 0.05) is 11.1 Å². The minimum atomic E-state index is -4.49. The SMILES string of the molecule is Cc1ccccc1C(=O)c1c(C)cccc1P(=O)(O)O. The predicted octanol–water partition coefficient (Wildman–Crippen LogP) is 2.34. The Labute approximate surface area is 117 Å². The van der Waals surface area contributed by atoms with Gasteiger partial charge in [-0.3, -0.25) is 9.36 Å². The molecule has 0 radical (unpaired) electrons. The lowest BCUT2D eigenvalue weighted by molar-refractivity contribution is 0.103. The highest BCUT2D eigenvalue weighted by molar-refractivity contribution is 7.60. The molecule has 5 heteroatoms. The van der Waals surface area contributed by atoms with Gasteiger partial charge in [0.15, 0.2) is 5.78 Å². The first-order valence-corrected chi connectivity index (χ1v) is 7.69. The second-order valence-corrected chi connectivity index (χ2v) is 6.23. The van der Waals surface area contributed by atoms with Gasteiger partial charge >= 0.3 is 7.60 Å². The van der Waals surface area contributed by atoms with Crippen molar-refractivity contribution in [1.29, 1.82) is 0 Å². The molecule has 2 N–H and O–H groups in total. The van der Waals surface area contributed by atoms with Crippen LogP contribution in [0.15, 0.2) is 42.5 Å². The van der Waals surface area contributed by atoms with E-state index in [1.54, 1.807) is 44.2 Å². The second kappa shape index (κ2) is 5.33. The minimum absolute atomic E-state index is 0.0927. The second-order valence-electron chi connectivity index (χ2n) is 4.66. The summed E-state index contributed by atoms with van der Waals surface area (Å²) in [5, 5.41) is -0.217. The average Bonchev–Trinajstić information content (AvgIpc) is 2.37. The van der Waals surface area contributed by atoms with Crippen LogP contribution in [0.3, 0.4) is 0 Å². The highest BCUT2D eigenvalue weighted by Crippen LogP contribution is 2.36. The van der Waals surface area contributed by atoms with E-state index in [0.29, 0.717) is 11.1 Å². The topological polar surface area (TPSA) is 74.6 Å². The van der Waals surface area contributed by atoms with Crippen molar-refractivity contribution >= 4 is 18.7 Å². The summed E-state index contributed by atoms with van der Waals surface area (Å²) in [7, 11) is -4.49. The van der Waals surface area contributed by atoms with E-state index >= 15 is 0 Å². The zero-order chi connectivity index (χ0) is 14.9. The Kier molecular flexibility index (Phi) is 3.91. The van der Waals surface area contributed by atoms with Gasteiger partial charge in [-0.1, -0.05) is 36.4 Å². The maximum atomic E-state index is 12.6. The molecule has 0 fully saturated rings. The minimum Gasteiger partial charge on any atom is -0.321 e. The van der Waals surface area contributed by atoms with Crippen LogP contribution in [0.2, 0.25) is 0 Å². The molecule has 104 valence electrons. The molecule has 0 amide bonds. The summed E-state index contributed by atoms with van der Waals surface area (Å²) in [4.78, 5) is 31.4. The first kappa shape index (κ1) is 14.7. The van der Waals surface area contributed by atoms with Crippen LogP contribution in [-0.2, 0) is 4.57 Å². The molecule has 0 saturated carbocycles. The van der Waals surface area contributed by atoms with Crippen molar-refractivity contribution in [2.24, 2.45) is 0 Å². The molecule has 0 aliphatic carbocycles. The normalized spacial score (nSPS) is 11.4. The Balaban J connectivity index is 2.68. The number of hydrogen-bond donors (Lipinski definition) is 2. The van der Waals surface area contributed by atoms with Crippen LogP contribution >= 0.6 is 7.60 Å². The van der Waals surface area contributed by atoms with Crippen molar-refractivity contribution in [3.8, 4) is 0 Å². The molecular weight excluding hydrogens is 275 g/mol. The number of carbonyl (C=O) groups is 1. The van der Waals surface area contributed by atoms with Crippen molar-refractivity contribution in [2.45, 2.75) is 13.8 Å². The van der Waals surface area contributed by atoms with E-state index in [1.165, 1.54) is 6.07 Å². The monoisotopic (exact) mass is 290 g/mol. The van der Waals surface area contributed by atoms with Gasteiger partial charge in [0.1, 0.15) is 0 Å². The molecule has 0 spiro atoms. The van der Waals surface area contributed by atoms with Crippen LogP contribution in [0, 0.1) is 13.8 Å². The third-order valence-corrected chi connectivity index (χ3v) is 4.18. The Morgan fingerprint density at radius 3 is 2.15 bits per heavy atom. The van der Waals surface area contributed by atoms with Crippen molar-refractivity contribution < 1.29 is 19.1 Å². The van der Waals surface area contributed by atoms with Gasteiger partial charge < -0.3 is 9.79 Å². The Morgan fingerprint density at radius 2 is 1.55 bits per heavy atom. The van der Waals surface area contributed by atoms with Gasteiger partial charge in [0.2, 0.25) is 0 Å². The van der Waals surface area contributed by atoms with Crippen LogP contribution in [0.25, 0.3) is 0 Å². The maximum absolute atomic E-state index is 12.6. The Bertz CT molecular complexity index is 716. The molecule has 0 saturated heterocycles. The van der Waals surface area contributed by atoms with Crippen molar-refractivity contribution in [2.75, 3.05) is 0 Å². The molecular formula is C15H15O4P. The molecule has 2 aromatic carbocycles. The highest BCUT2D eigenvalue weighted by Gasteiger charge is 2.27. The summed E-state index contributed by atoms with van der Waals surface area (Å²) in [6.07, 6.45) is 0. The number of ketones is 1. The van der Waals surface area contributed by atoms with E-state index in [4.69, 9.17) is 0 Å². The quantitative estimate of drug-likeness (QED) is 0.672. The number of rotatable bonds is 3. The molecule has 2 rings (SSSR count). The van der Waals surface area contributed by atoms with Crippen LogP contribution in [-0.4, -0.2) is 15.6 Å². The maximum Gasteiger partial charge on any atom is 0.356 e. The van der Waals surface area contributed by atoms with Gasteiger partial charge in [0.25, 0.3) is 0 Å². The summed E-state index contributed by atoms with van der Waals surface area (Å²) in [6.45, 7) is 3.47. The number of carbonyl (C=O) groups excluding carboxylic acids is 1. The summed E-state index contributed by atoms with van der Waals surface area (Å²) in [5.41, 5.74) is 1.88. The first-order chi connectivity index (χ1) is 9.32. The molecule has 0 aromatic heterocycles. The molecule has 0 aliphatic heterocycles. The largest absolute Gasteiger partial charge is 0.356 e. The highest BCUT2D eigenvalue weighted by atomic mass is 31.2. The summed E-state index contributed by atoms with van der Waals surface area (Å²) in [5.74, 6) is -0.362. The fourth-order valence-corrected chi connectivity index (χ4v) is 3.00. The molecule has 0 bridgehead atoms. The fraction of sp³-hybridized carbons (Fsp3) is 0.133. The third-order valence-electron chi connectivity index (χ3n) is 3.18. The lowest BCUT2D eigenvalue weighted by Crippen LogP contribution is -2.19. The lowest BCUT2D eigenvalue weighted by atomic mass is 9.96. The molecule has 4 nitrogen and oxygen atoms in total. The van der Waals surface area contributed by atoms with E-state index in [0.717, 1.165) is 5.56 Å². The smallest absolute Gasteiger partial charge is 0.321 e. The molecule has 0 heterocycles. The third kappa shape index (κ3) is 2.73. The molecule has 20 heavy (non-hydrogen) atoms. The van der Waals surface area contributed by atoms with Crippen molar-refractivity contribution in [3.05, 3.63) is 64.7 Å². The summed E-state index contributed by atoms with van der Waals surface area (Å²) < 4.78 is 11.6. The molecule has 0 unspecified atom stereocenters. The standard InChI is InChI=1S/C15H15O4P/c1-10-6-3-4-8-12(10)15(16)14-11(2)7-5-9-13(14)20(17,18)19/h3-9H,1-2H3,(H2,17,18,19). The number of aryl methyl sites for hydroxylation is 2. The van der Waals surface area contributed by atoms with Gasteiger partial charge in [-0.15, -0.1) is 0 Å². The van der Waals surface area contributed by atoms with E-state index in [2.05, 4.69) is 0 Å². The van der Waals surface area contributed by atoms with Crippen molar-refractivity contribution in [3.63, 3.8) is 0 Å². The van der Waals surface area contributed by atoms with Crippen LogP contribution in [0.4, 0.5) is 0 Å². The average molecular weight is 290 g/mol. The van der Waals surface area contributed by atoms with Gasteiger partial charge in [-0.25, -0.2) is 0 Å². The lowest BCUT2D eigenvalue weighted by Gasteiger charge is -2.13. The molecule has 0 aliphatic rings. The van der Waals surface area contributed by atoms with E-state index in [1.807, 2.05) is 6.07 Å². The summed E-state index contributed by atoms with van der Waals surface area (Å²) >= 11 is 0. The van der Waals surface area contributed by atoms with E-state index in [9.17, 15) is 19.1 Å². The van der Waals surface area contributed by atoms with Crippen molar-refractivity contribution in [1.82, 2.24) is 0 Å². The number of hydrogen-bond acceptors (Lipinski definition) is 2. The van der Waals surface area contributed by atoms with Gasteiger partial charge in [0.05, 0.1) is 5.30 Å². The zero-order valence-electron chi connectivity index (χ0n) is 11.2. The molecule has 2 aromatic rings. The Morgan fingerprint density at radius 1 is 0.950 bits per heavy atom. The molecule has 0 atom stereocenters. The zero-order valence-corrected chi connectivity index (χ0v) is 12.1. The summed E-state index contributed by atoms with van der Waals surface area (Å²) in [6, 6.07) is 11.5. The van der Waals surface area contributed by atoms with Gasteiger partial charge in [-0.05, 0) is 31.0 Å².